The largest absolute Gasteiger partial charge is 0.387 e. The van der Waals surface area contributed by atoms with Crippen LogP contribution in [0.25, 0.3) is 0 Å². The average molecular weight is 192 g/mol. The van der Waals surface area contributed by atoms with Crippen LogP contribution in [-0.2, 0) is 7.05 Å². The van der Waals surface area contributed by atoms with Gasteiger partial charge in [-0.15, -0.1) is 11.8 Å². The van der Waals surface area contributed by atoms with E-state index in [2.05, 4.69) is 16.9 Å². The molecule has 3 heteroatoms. The molecule has 1 atom stereocenters. The van der Waals surface area contributed by atoms with E-state index < -0.39 is 6.10 Å². The Kier molecular flexibility index (Phi) is 3.32. The molecular weight excluding hydrogens is 176 g/mol. The Morgan fingerprint density at radius 1 is 1.50 bits per heavy atom. The van der Waals surface area contributed by atoms with Gasteiger partial charge in [0.1, 0.15) is 0 Å². The number of aliphatic hydroxyl groups is 1. The van der Waals surface area contributed by atoms with Crippen LogP contribution in [0.1, 0.15) is 36.4 Å². The second-order valence-electron chi connectivity index (χ2n) is 3.35. The lowest BCUT2D eigenvalue weighted by atomic mass is 10.1. The summed E-state index contributed by atoms with van der Waals surface area (Å²) in [7, 11) is 1.88. The molecule has 0 aliphatic rings. The van der Waals surface area contributed by atoms with Gasteiger partial charge in [-0.3, -0.25) is 4.68 Å². The third kappa shape index (κ3) is 1.97. The fraction of sp³-hybridized carbons (Fsp3) is 0.545. The highest BCUT2D eigenvalue weighted by Gasteiger charge is 2.16. The van der Waals surface area contributed by atoms with Gasteiger partial charge in [-0.1, -0.05) is 0 Å². The van der Waals surface area contributed by atoms with E-state index >= 15 is 0 Å². The van der Waals surface area contributed by atoms with Crippen molar-refractivity contribution in [2.24, 2.45) is 7.05 Å². The molecule has 14 heavy (non-hydrogen) atoms. The summed E-state index contributed by atoms with van der Waals surface area (Å²) in [5, 5.41) is 14.1. The van der Waals surface area contributed by atoms with Gasteiger partial charge in [0, 0.05) is 24.7 Å². The Hall–Kier alpha value is -1.27. The summed E-state index contributed by atoms with van der Waals surface area (Å²) < 4.78 is 1.78. The molecule has 76 valence electrons. The van der Waals surface area contributed by atoms with Crippen LogP contribution >= 0.6 is 0 Å². The zero-order valence-electron chi connectivity index (χ0n) is 9.13. The van der Waals surface area contributed by atoms with Crippen LogP contribution in [0.2, 0.25) is 0 Å². The van der Waals surface area contributed by atoms with Crippen molar-refractivity contribution in [2.45, 2.75) is 33.3 Å². The summed E-state index contributed by atoms with van der Waals surface area (Å²) in [6, 6.07) is 0. The fourth-order valence-electron chi connectivity index (χ4n) is 1.57. The topological polar surface area (TPSA) is 38.1 Å². The molecule has 0 saturated heterocycles. The summed E-state index contributed by atoms with van der Waals surface area (Å²) in [6.45, 7) is 5.64. The molecule has 0 spiro atoms. The Morgan fingerprint density at radius 3 is 2.57 bits per heavy atom. The predicted molar refractivity (Wildman–Crippen MR) is 55.7 cm³/mol. The van der Waals surface area contributed by atoms with Crippen LogP contribution in [0.4, 0.5) is 0 Å². The van der Waals surface area contributed by atoms with E-state index in [1.165, 1.54) is 0 Å². The first-order valence-corrected chi connectivity index (χ1v) is 4.65. The molecule has 0 radical (unpaired) electrons. The van der Waals surface area contributed by atoms with Crippen molar-refractivity contribution in [1.29, 1.82) is 0 Å². The molecule has 1 N–H and O–H groups in total. The van der Waals surface area contributed by atoms with E-state index in [0.717, 1.165) is 17.0 Å². The van der Waals surface area contributed by atoms with Crippen LogP contribution in [0, 0.1) is 25.7 Å². The molecular formula is C11H16N2O. The maximum absolute atomic E-state index is 9.87. The second-order valence-corrected chi connectivity index (χ2v) is 3.35. The minimum absolute atomic E-state index is 0.476. The number of rotatable bonds is 2. The van der Waals surface area contributed by atoms with Crippen molar-refractivity contribution in [2.75, 3.05) is 0 Å². The molecule has 0 aliphatic heterocycles. The smallest absolute Gasteiger partial charge is 0.0934 e. The molecule has 0 aliphatic carbocycles. The standard InChI is InChI=1S/C11H16N2O/c1-5-6-7-10(14)11-8(2)12-13(4)9(11)3/h10,14H,7H2,1-4H3. The number of nitrogens with zero attached hydrogens (tertiary/aromatic N) is 2. The number of aromatic nitrogens is 2. The van der Waals surface area contributed by atoms with Crippen molar-refractivity contribution in [3.05, 3.63) is 17.0 Å². The Balaban J connectivity index is 2.97. The van der Waals surface area contributed by atoms with Gasteiger partial charge in [-0.25, -0.2) is 0 Å². The second kappa shape index (κ2) is 4.30. The van der Waals surface area contributed by atoms with Crippen LogP contribution in [0.3, 0.4) is 0 Å². The van der Waals surface area contributed by atoms with Gasteiger partial charge in [0.25, 0.3) is 0 Å². The van der Waals surface area contributed by atoms with Crippen molar-refractivity contribution in [3.63, 3.8) is 0 Å². The van der Waals surface area contributed by atoms with Crippen LogP contribution in [0.15, 0.2) is 0 Å². The number of aliphatic hydroxyl groups excluding tert-OH is 1. The Labute approximate surface area is 84.8 Å². The summed E-state index contributed by atoms with van der Waals surface area (Å²) in [4.78, 5) is 0. The summed E-state index contributed by atoms with van der Waals surface area (Å²) in [5.74, 6) is 5.65. The first-order chi connectivity index (χ1) is 6.57. The van der Waals surface area contributed by atoms with Gasteiger partial charge < -0.3 is 5.11 Å². The van der Waals surface area contributed by atoms with Gasteiger partial charge in [-0.2, -0.15) is 5.10 Å². The highest BCUT2D eigenvalue weighted by Crippen LogP contribution is 2.22. The van der Waals surface area contributed by atoms with Gasteiger partial charge in [0.2, 0.25) is 0 Å². The predicted octanol–water partition coefficient (Wildman–Crippen LogP) is 1.48. The SMILES string of the molecule is CC#CCC(O)c1c(C)nn(C)c1C. The van der Waals surface area contributed by atoms with Crippen molar-refractivity contribution in [1.82, 2.24) is 9.78 Å². The lowest BCUT2D eigenvalue weighted by Crippen LogP contribution is -2.00. The Bertz CT molecular complexity index is 382. The van der Waals surface area contributed by atoms with Crippen molar-refractivity contribution in [3.8, 4) is 11.8 Å². The summed E-state index contributed by atoms with van der Waals surface area (Å²) in [6.07, 6.45) is -0.0414. The average Bonchev–Trinajstić information content (AvgIpc) is 2.38. The van der Waals surface area contributed by atoms with Crippen LogP contribution in [-0.4, -0.2) is 14.9 Å². The third-order valence-corrected chi connectivity index (χ3v) is 2.37. The minimum Gasteiger partial charge on any atom is -0.387 e. The van der Waals surface area contributed by atoms with E-state index in [0.29, 0.717) is 6.42 Å². The lowest BCUT2D eigenvalue weighted by Gasteiger charge is -2.07. The van der Waals surface area contributed by atoms with Crippen LogP contribution in [0.5, 0.6) is 0 Å². The lowest BCUT2D eigenvalue weighted by molar-refractivity contribution is 0.182. The Morgan fingerprint density at radius 2 is 2.14 bits per heavy atom. The highest BCUT2D eigenvalue weighted by atomic mass is 16.3. The molecule has 1 unspecified atom stereocenters. The molecule has 0 bridgehead atoms. The molecule has 0 saturated carbocycles. The number of hydrogen-bond donors (Lipinski definition) is 1. The first kappa shape index (κ1) is 10.8. The van der Waals surface area contributed by atoms with E-state index in [9.17, 15) is 5.11 Å². The van der Waals surface area contributed by atoms with E-state index in [1.807, 2.05) is 20.9 Å². The number of hydrogen-bond acceptors (Lipinski definition) is 2. The summed E-state index contributed by atoms with van der Waals surface area (Å²) >= 11 is 0. The molecule has 3 nitrogen and oxygen atoms in total. The third-order valence-electron chi connectivity index (χ3n) is 2.37. The van der Waals surface area contributed by atoms with Gasteiger partial charge in [-0.05, 0) is 20.8 Å². The quantitative estimate of drug-likeness (QED) is 0.721. The molecule has 0 aromatic carbocycles. The molecule has 1 aromatic rings. The molecule has 1 rings (SSSR count). The fourth-order valence-corrected chi connectivity index (χ4v) is 1.57. The maximum atomic E-state index is 9.87. The normalized spacial score (nSPS) is 12.1. The van der Waals surface area contributed by atoms with Crippen molar-refractivity contribution >= 4 is 0 Å². The van der Waals surface area contributed by atoms with Gasteiger partial charge in [0.15, 0.2) is 0 Å². The molecule has 0 fully saturated rings. The molecule has 1 heterocycles. The zero-order valence-corrected chi connectivity index (χ0v) is 9.13. The van der Waals surface area contributed by atoms with Gasteiger partial charge >= 0.3 is 0 Å². The highest BCUT2D eigenvalue weighted by molar-refractivity contribution is 5.27. The van der Waals surface area contributed by atoms with Crippen molar-refractivity contribution < 1.29 is 5.11 Å². The van der Waals surface area contributed by atoms with E-state index in [-0.39, 0.29) is 0 Å². The molecule has 0 amide bonds. The van der Waals surface area contributed by atoms with E-state index in [1.54, 1.807) is 11.6 Å². The minimum atomic E-state index is -0.517. The number of aryl methyl sites for hydroxylation is 2. The zero-order chi connectivity index (χ0) is 10.7. The maximum Gasteiger partial charge on any atom is 0.0934 e. The van der Waals surface area contributed by atoms with Gasteiger partial charge in [0.05, 0.1) is 11.8 Å². The van der Waals surface area contributed by atoms with Crippen LogP contribution < -0.4 is 0 Å². The first-order valence-electron chi connectivity index (χ1n) is 4.65. The monoisotopic (exact) mass is 192 g/mol. The summed E-state index contributed by atoms with van der Waals surface area (Å²) in [5.41, 5.74) is 2.80. The molecule has 1 aromatic heterocycles. The van der Waals surface area contributed by atoms with E-state index in [4.69, 9.17) is 0 Å².